The lowest BCUT2D eigenvalue weighted by Crippen LogP contribution is -2.48. The summed E-state index contributed by atoms with van der Waals surface area (Å²) in [6.07, 6.45) is 1.56. The molecule has 1 atom stereocenters. The standard InChI is InChI=1S/C10H20N2O4S3/c1-2-3-9(10(11)17)12-19(15,16)8-4-6-18(13,14)7-5-8/h8-9,12H,2-7H2,1H3,(H2,11,17). The quantitative estimate of drug-likeness (QED) is 0.662. The van der Waals surface area contributed by atoms with Gasteiger partial charge in [-0.15, -0.1) is 0 Å². The average molecular weight is 328 g/mol. The van der Waals surface area contributed by atoms with Crippen molar-refractivity contribution >= 4 is 37.1 Å². The van der Waals surface area contributed by atoms with E-state index in [1.165, 1.54) is 0 Å². The summed E-state index contributed by atoms with van der Waals surface area (Å²) in [6, 6.07) is -0.552. The van der Waals surface area contributed by atoms with Crippen LogP contribution < -0.4 is 10.5 Å². The molecule has 1 saturated heterocycles. The van der Waals surface area contributed by atoms with E-state index in [0.29, 0.717) is 6.42 Å². The smallest absolute Gasteiger partial charge is 0.215 e. The maximum Gasteiger partial charge on any atom is 0.215 e. The van der Waals surface area contributed by atoms with Gasteiger partial charge in [-0.05, 0) is 19.3 Å². The number of nitrogens with one attached hydrogen (secondary N) is 1. The molecule has 1 unspecified atom stereocenters. The van der Waals surface area contributed by atoms with Crippen molar-refractivity contribution in [1.82, 2.24) is 4.72 Å². The third-order valence-corrected chi connectivity index (χ3v) is 7.13. The van der Waals surface area contributed by atoms with Crippen molar-refractivity contribution in [2.45, 2.75) is 43.9 Å². The van der Waals surface area contributed by atoms with Gasteiger partial charge in [-0.1, -0.05) is 25.6 Å². The van der Waals surface area contributed by atoms with Crippen LogP contribution in [0.4, 0.5) is 0 Å². The van der Waals surface area contributed by atoms with E-state index in [4.69, 9.17) is 18.0 Å². The summed E-state index contributed by atoms with van der Waals surface area (Å²) in [4.78, 5) is 0.119. The maximum absolute atomic E-state index is 12.2. The fourth-order valence-corrected chi connectivity index (χ4v) is 5.75. The van der Waals surface area contributed by atoms with Gasteiger partial charge in [-0.3, -0.25) is 0 Å². The molecule has 0 aromatic rings. The van der Waals surface area contributed by atoms with E-state index in [9.17, 15) is 16.8 Å². The summed E-state index contributed by atoms with van der Waals surface area (Å²) >= 11 is 4.84. The summed E-state index contributed by atoms with van der Waals surface area (Å²) in [5.74, 6) is -0.159. The lowest BCUT2D eigenvalue weighted by Gasteiger charge is -2.25. The molecule has 0 saturated carbocycles. The van der Waals surface area contributed by atoms with E-state index in [1.54, 1.807) is 0 Å². The van der Waals surface area contributed by atoms with Gasteiger partial charge in [-0.2, -0.15) is 0 Å². The highest BCUT2D eigenvalue weighted by Gasteiger charge is 2.34. The van der Waals surface area contributed by atoms with Gasteiger partial charge in [0.2, 0.25) is 10.0 Å². The van der Waals surface area contributed by atoms with Crippen molar-refractivity contribution in [3.8, 4) is 0 Å². The molecule has 3 N–H and O–H groups in total. The van der Waals surface area contributed by atoms with Crippen LogP contribution in [0.5, 0.6) is 0 Å². The summed E-state index contributed by atoms with van der Waals surface area (Å²) < 4.78 is 49.4. The zero-order valence-corrected chi connectivity index (χ0v) is 13.3. The van der Waals surface area contributed by atoms with E-state index in [-0.39, 0.29) is 29.3 Å². The van der Waals surface area contributed by atoms with Crippen LogP contribution in [0.2, 0.25) is 0 Å². The van der Waals surface area contributed by atoms with Gasteiger partial charge in [0.15, 0.2) is 0 Å². The topological polar surface area (TPSA) is 106 Å². The fourth-order valence-electron chi connectivity index (χ4n) is 2.02. The minimum absolute atomic E-state index is 0.0793. The molecule has 1 aliphatic rings. The molecular formula is C10H20N2O4S3. The number of hydrogen-bond donors (Lipinski definition) is 2. The maximum atomic E-state index is 12.2. The molecule has 6 nitrogen and oxygen atoms in total. The van der Waals surface area contributed by atoms with Gasteiger partial charge in [0.05, 0.1) is 27.8 Å². The zero-order chi connectivity index (χ0) is 14.7. The Morgan fingerprint density at radius 3 is 2.37 bits per heavy atom. The van der Waals surface area contributed by atoms with Crippen molar-refractivity contribution in [2.75, 3.05) is 11.5 Å². The molecule has 0 aliphatic carbocycles. The Bertz CT molecular complexity index is 513. The lowest BCUT2D eigenvalue weighted by atomic mass is 10.2. The highest BCUT2D eigenvalue weighted by atomic mass is 32.2. The minimum Gasteiger partial charge on any atom is -0.392 e. The highest BCUT2D eigenvalue weighted by molar-refractivity contribution is 7.92. The van der Waals surface area contributed by atoms with Gasteiger partial charge in [0, 0.05) is 0 Å². The van der Waals surface area contributed by atoms with Gasteiger partial charge in [-0.25, -0.2) is 21.6 Å². The number of thiocarbonyl (C=S) groups is 1. The Morgan fingerprint density at radius 1 is 1.42 bits per heavy atom. The third kappa shape index (κ3) is 4.97. The molecule has 19 heavy (non-hydrogen) atoms. The first-order chi connectivity index (χ1) is 8.68. The Hall–Kier alpha value is -0.250. The summed E-state index contributed by atoms with van der Waals surface area (Å²) in [5, 5.41) is -0.676. The Kier molecular flexibility index (Phi) is 5.72. The second kappa shape index (κ2) is 6.47. The second-order valence-electron chi connectivity index (χ2n) is 4.76. The summed E-state index contributed by atoms with van der Waals surface area (Å²) in [5.41, 5.74) is 5.51. The van der Waals surface area contributed by atoms with E-state index in [2.05, 4.69) is 4.72 Å². The van der Waals surface area contributed by atoms with Crippen LogP contribution in [-0.4, -0.2) is 44.6 Å². The fraction of sp³-hybridized carbons (Fsp3) is 0.900. The van der Waals surface area contributed by atoms with Crippen molar-refractivity contribution < 1.29 is 16.8 Å². The van der Waals surface area contributed by atoms with Gasteiger partial charge in [0.1, 0.15) is 9.84 Å². The van der Waals surface area contributed by atoms with E-state index in [0.717, 1.165) is 6.42 Å². The first-order valence-corrected chi connectivity index (χ1v) is 9.96. The predicted molar refractivity (Wildman–Crippen MR) is 79.2 cm³/mol. The molecule has 1 rings (SSSR count). The third-order valence-electron chi connectivity index (χ3n) is 3.17. The molecule has 0 bridgehead atoms. The zero-order valence-electron chi connectivity index (χ0n) is 10.8. The number of rotatable bonds is 6. The van der Waals surface area contributed by atoms with Crippen molar-refractivity contribution in [3.63, 3.8) is 0 Å². The summed E-state index contributed by atoms with van der Waals surface area (Å²) in [6.45, 7) is 1.91. The number of nitrogens with two attached hydrogens (primary N) is 1. The first-order valence-electron chi connectivity index (χ1n) is 6.19. The monoisotopic (exact) mass is 328 g/mol. The largest absolute Gasteiger partial charge is 0.392 e. The normalized spacial score (nSPS) is 21.9. The molecular weight excluding hydrogens is 308 g/mol. The van der Waals surface area contributed by atoms with Gasteiger partial charge < -0.3 is 5.73 Å². The predicted octanol–water partition coefficient (Wildman–Crippen LogP) is -0.0622. The molecule has 0 amide bonds. The Labute approximate surface area is 120 Å². The summed E-state index contributed by atoms with van der Waals surface area (Å²) in [7, 11) is -6.66. The van der Waals surface area contributed by atoms with Crippen molar-refractivity contribution in [3.05, 3.63) is 0 Å². The Balaban J connectivity index is 2.73. The first kappa shape index (κ1) is 16.8. The van der Waals surface area contributed by atoms with Crippen molar-refractivity contribution in [2.24, 2.45) is 5.73 Å². The molecule has 9 heteroatoms. The van der Waals surface area contributed by atoms with Crippen LogP contribution in [0.1, 0.15) is 32.6 Å². The highest BCUT2D eigenvalue weighted by Crippen LogP contribution is 2.19. The SMILES string of the molecule is CCCC(NS(=O)(=O)C1CCS(=O)(=O)CC1)C(N)=S. The van der Waals surface area contributed by atoms with Crippen LogP contribution in [0.25, 0.3) is 0 Å². The van der Waals surface area contributed by atoms with Crippen LogP contribution >= 0.6 is 12.2 Å². The minimum atomic E-state index is -3.58. The number of sulfonamides is 1. The van der Waals surface area contributed by atoms with E-state index >= 15 is 0 Å². The van der Waals surface area contributed by atoms with Crippen LogP contribution in [0, 0.1) is 0 Å². The molecule has 0 spiro atoms. The Morgan fingerprint density at radius 2 is 1.95 bits per heavy atom. The molecule has 112 valence electrons. The van der Waals surface area contributed by atoms with Gasteiger partial charge >= 0.3 is 0 Å². The van der Waals surface area contributed by atoms with Crippen LogP contribution in [0.3, 0.4) is 0 Å². The number of hydrogen-bond acceptors (Lipinski definition) is 5. The van der Waals surface area contributed by atoms with E-state index < -0.39 is 31.2 Å². The molecule has 1 aliphatic heterocycles. The molecule has 0 aromatic carbocycles. The molecule has 1 fully saturated rings. The van der Waals surface area contributed by atoms with Crippen LogP contribution in [-0.2, 0) is 19.9 Å². The van der Waals surface area contributed by atoms with Crippen LogP contribution in [0.15, 0.2) is 0 Å². The molecule has 1 heterocycles. The van der Waals surface area contributed by atoms with Crippen molar-refractivity contribution in [1.29, 1.82) is 0 Å². The van der Waals surface area contributed by atoms with Gasteiger partial charge in [0.25, 0.3) is 0 Å². The molecule has 0 radical (unpaired) electrons. The number of sulfone groups is 1. The second-order valence-corrected chi connectivity index (χ2v) is 9.53. The lowest BCUT2D eigenvalue weighted by molar-refractivity contribution is 0.534. The van der Waals surface area contributed by atoms with E-state index in [1.807, 2.05) is 6.92 Å². The molecule has 0 aromatic heterocycles. The average Bonchev–Trinajstić information content (AvgIpc) is 2.27.